The van der Waals surface area contributed by atoms with E-state index in [4.69, 9.17) is 10.8 Å². The number of fused-ring (bicyclic) bond motifs is 1. The van der Waals surface area contributed by atoms with Gasteiger partial charge in [-0.25, -0.2) is 0 Å². The van der Waals surface area contributed by atoms with E-state index in [9.17, 15) is 4.79 Å². The molecule has 0 saturated carbocycles. The molecule has 0 aliphatic carbocycles. The van der Waals surface area contributed by atoms with Crippen LogP contribution in [-0.2, 0) is 17.6 Å². The summed E-state index contributed by atoms with van der Waals surface area (Å²) in [5.41, 5.74) is 8.51. The number of hydrogen-bond acceptors (Lipinski definition) is 2. The van der Waals surface area contributed by atoms with Crippen molar-refractivity contribution in [2.24, 2.45) is 5.73 Å². The van der Waals surface area contributed by atoms with Crippen LogP contribution in [0.3, 0.4) is 0 Å². The van der Waals surface area contributed by atoms with Gasteiger partial charge in [-0.05, 0) is 36.2 Å². The van der Waals surface area contributed by atoms with Gasteiger partial charge in [0.05, 0.1) is 6.42 Å². The number of carbonyl (C=O) groups is 1. The van der Waals surface area contributed by atoms with Crippen molar-refractivity contribution >= 4 is 16.9 Å². The van der Waals surface area contributed by atoms with Crippen molar-refractivity contribution in [3.8, 4) is 0 Å². The number of carboxylic acid groups (broad SMARTS) is 1. The number of H-pyrrole nitrogens is 1. The second-order valence-electron chi connectivity index (χ2n) is 3.80. The summed E-state index contributed by atoms with van der Waals surface area (Å²) in [4.78, 5) is 13.8. The minimum atomic E-state index is -0.810. The first-order valence-corrected chi connectivity index (χ1v) is 5.21. The Hall–Kier alpha value is -1.81. The molecule has 4 N–H and O–H groups in total. The molecule has 1 heterocycles. The highest BCUT2D eigenvalue weighted by atomic mass is 16.4. The van der Waals surface area contributed by atoms with E-state index in [1.165, 1.54) is 0 Å². The Bertz CT molecular complexity index is 517. The lowest BCUT2D eigenvalue weighted by atomic mass is 10.1. The second kappa shape index (κ2) is 4.37. The topological polar surface area (TPSA) is 79.1 Å². The predicted molar refractivity (Wildman–Crippen MR) is 62.4 cm³/mol. The number of nitrogens with two attached hydrogens (primary N) is 1. The maximum Gasteiger partial charge on any atom is 0.307 e. The molecule has 2 rings (SSSR count). The standard InChI is InChI=1S/C12H14N2O2/c13-4-3-9-7-14-11-2-1-8(5-10(9)11)6-12(15)16/h1-2,5,7,14H,3-4,6,13H2,(H,15,16). The Labute approximate surface area is 93.1 Å². The van der Waals surface area contributed by atoms with Gasteiger partial charge in [-0.3, -0.25) is 4.79 Å². The summed E-state index contributed by atoms with van der Waals surface area (Å²) in [6.07, 6.45) is 2.79. The van der Waals surface area contributed by atoms with Gasteiger partial charge >= 0.3 is 5.97 Å². The zero-order chi connectivity index (χ0) is 11.5. The summed E-state index contributed by atoms with van der Waals surface area (Å²) in [6, 6.07) is 5.66. The third-order valence-corrected chi connectivity index (χ3v) is 2.60. The van der Waals surface area contributed by atoms with Gasteiger partial charge in [-0.15, -0.1) is 0 Å². The van der Waals surface area contributed by atoms with E-state index in [0.717, 1.165) is 28.5 Å². The lowest BCUT2D eigenvalue weighted by molar-refractivity contribution is -0.136. The Balaban J connectivity index is 2.41. The van der Waals surface area contributed by atoms with Gasteiger partial charge in [-0.2, -0.15) is 0 Å². The molecular formula is C12H14N2O2. The van der Waals surface area contributed by atoms with E-state index in [0.29, 0.717) is 6.54 Å². The van der Waals surface area contributed by atoms with E-state index >= 15 is 0 Å². The number of aliphatic carboxylic acids is 1. The van der Waals surface area contributed by atoms with Gasteiger partial charge in [0.2, 0.25) is 0 Å². The fraction of sp³-hybridized carbons (Fsp3) is 0.250. The van der Waals surface area contributed by atoms with Crippen LogP contribution in [0.1, 0.15) is 11.1 Å². The van der Waals surface area contributed by atoms with Gasteiger partial charge in [0, 0.05) is 17.1 Å². The molecule has 4 nitrogen and oxygen atoms in total. The molecular weight excluding hydrogens is 204 g/mol. The number of aromatic amines is 1. The fourth-order valence-electron chi connectivity index (χ4n) is 1.87. The average molecular weight is 218 g/mol. The molecule has 0 atom stereocenters. The molecule has 4 heteroatoms. The molecule has 16 heavy (non-hydrogen) atoms. The van der Waals surface area contributed by atoms with Gasteiger partial charge < -0.3 is 15.8 Å². The maximum atomic E-state index is 10.6. The SMILES string of the molecule is NCCc1c[nH]c2ccc(CC(=O)O)cc12. The number of aromatic nitrogens is 1. The van der Waals surface area contributed by atoms with Crippen LogP contribution in [0, 0.1) is 0 Å². The summed E-state index contributed by atoms with van der Waals surface area (Å²) in [5.74, 6) is -0.810. The molecule has 1 aromatic heterocycles. The normalized spacial score (nSPS) is 10.8. The van der Waals surface area contributed by atoms with Crippen molar-refractivity contribution in [2.45, 2.75) is 12.8 Å². The summed E-state index contributed by atoms with van der Waals surface area (Å²) in [5, 5.41) is 9.81. The Morgan fingerprint density at radius 2 is 2.25 bits per heavy atom. The first-order valence-electron chi connectivity index (χ1n) is 5.21. The largest absolute Gasteiger partial charge is 0.481 e. The van der Waals surface area contributed by atoms with Crippen molar-refractivity contribution < 1.29 is 9.90 Å². The van der Waals surface area contributed by atoms with Crippen LogP contribution < -0.4 is 5.73 Å². The monoisotopic (exact) mass is 218 g/mol. The summed E-state index contributed by atoms with van der Waals surface area (Å²) in [7, 11) is 0. The quantitative estimate of drug-likeness (QED) is 0.723. The molecule has 0 radical (unpaired) electrons. The van der Waals surface area contributed by atoms with Crippen LogP contribution in [0.25, 0.3) is 10.9 Å². The molecule has 0 saturated heterocycles. The van der Waals surface area contributed by atoms with E-state index in [2.05, 4.69) is 4.98 Å². The number of benzene rings is 1. The van der Waals surface area contributed by atoms with E-state index in [-0.39, 0.29) is 6.42 Å². The number of hydrogen-bond donors (Lipinski definition) is 3. The van der Waals surface area contributed by atoms with Gasteiger partial charge in [0.15, 0.2) is 0 Å². The van der Waals surface area contributed by atoms with Crippen LogP contribution in [0.4, 0.5) is 0 Å². The van der Waals surface area contributed by atoms with Crippen LogP contribution in [0.15, 0.2) is 24.4 Å². The van der Waals surface area contributed by atoms with Crippen molar-refractivity contribution in [2.75, 3.05) is 6.54 Å². The smallest absolute Gasteiger partial charge is 0.307 e. The third-order valence-electron chi connectivity index (χ3n) is 2.60. The number of rotatable bonds is 4. The minimum absolute atomic E-state index is 0.0587. The van der Waals surface area contributed by atoms with E-state index in [1.54, 1.807) is 0 Å². The average Bonchev–Trinajstić information content (AvgIpc) is 2.61. The Morgan fingerprint density at radius 1 is 1.44 bits per heavy atom. The molecule has 0 fully saturated rings. The first-order chi connectivity index (χ1) is 7.70. The molecule has 0 amide bonds. The highest BCUT2D eigenvalue weighted by Gasteiger charge is 2.06. The zero-order valence-corrected chi connectivity index (χ0v) is 8.86. The summed E-state index contributed by atoms with van der Waals surface area (Å²) in [6.45, 7) is 0.593. The Morgan fingerprint density at radius 3 is 2.94 bits per heavy atom. The van der Waals surface area contributed by atoms with Crippen LogP contribution >= 0.6 is 0 Å². The summed E-state index contributed by atoms with van der Waals surface area (Å²) < 4.78 is 0. The van der Waals surface area contributed by atoms with Crippen molar-refractivity contribution in [1.82, 2.24) is 4.98 Å². The number of carboxylic acids is 1. The highest BCUT2D eigenvalue weighted by molar-refractivity contribution is 5.85. The molecule has 0 spiro atoms. The van der Waals surface area contributed by atoms with Crippen LogP contribution in [0.2, 0.25) is 0 Å². The van der Waals surface area contributed by atoms with E-state index < -0.39 is 5.97 Å². The molecule has 0 bridgehead atoms. The van der Waals surface area contributed by atoms with Crippen molar-refractivity contribution in [1.29, 1.82) is 0 Å². The molecule has 2 aromatic rings. The fourth-order valence-corrected chi connectivity index (χ4v) is 1.87. The Kier molecular flexibility index (Phi) is 2.92. The molecule has 1 aromatic carbocycles. The third kappa shape index (κ3) is 2.06. The molecule has 84 valence electrons. The highest BCUT2D eigenvalue weighted by Crippen LogP contribution is 2.20. The van der Waals surface area contributed by atoms with Crippen molar-refractivity contribution in [3.05, 3.63) is 35.5 Å². The predicted octanol–water partition coefficient (Wildman–Crippen LogP) is 1.30. The van der Waals surface area contributed by atoms with Gasteiger partial charge in [0.25, 0.3) is 0 Å². The van der Waals surface area contributed by atoms with Gasteiger partial charge in [-0.1, -0.05) is 6.07 Å². The lowest BCUT2D eigenvalue weighted by Crippen LogP contribution is -2.02. The summed E-state index contributed by atoms with van der Waals surface area (Å²) >= 11 is 0. The first kappa shape index (κ1) is 10.7. The van der Waals surface area contributed by atoms with Crippen molar-refractivity contribution in [3.63, 3.8) is 0 Å². The van der Waals surface area contributed by atoms with Gasteiger partial charge in [0.1, 0.15) is 0 Å². The zero-order valence-electron chi connectivity index (χ0n) is 8.86. The molecule has 0 unspecified atom stereocenters. The number of nitrogens with one attached hydrogen (secondary N) is 1. The molecule has 0 aliphatic rings. The minimum Gasteiger partial charge on any atom is -0.481 e. The maximum absolute atomic E-state index is 10.6. The van der Waals surface area contributed by atoms with Crippen LogP contribution in [0.5, 0.6) is 0 Å². The van der Waals surface area contributed by atoms with Crippen LogP contribution in [-0.4, -0.2) is 22.6 Å². The van der Waals surface area contributed by atoms with E-state index in [1.807, 2.05) is 24.4 Å². The molecule has 0 aliphatic heterocycles. The lowest BCUT2D eigenvalue weighted by Gasteiger charge is -2.00. The second-order valence-corrected chi connectivity index (χ2v) is 3.80.